The van der Waals surface area contributed by atoms with Gasteiger partial charge >= 0.3 is 11.9 Å². The van der Waals surface area contributed by atoms with E-state index in [1.807, 2.05) is 0 Å². The molecule has 0 heterocycles. The number of hydrogen-bond acceptors (Lipinski definition) is 8. The molecule has 2 aromatic carbocycles. The molecular formula is C18H18O9. The number of carboxylic acids is 1. The number of aliphatic hydroxyl groups is 1. The summed E-state index contributed by atoms with van der Waals surface area (Å²) in [5, 5.41) is 38.9. The highest BCUT2D eigenvalue weighted by Gasteiger charge is 2.29. The first-order valence-electron chi connectivity index (χ1n) is 7.63. The Morgan fingerprint density at radius 3 is 1.81 bits per heavy atom. The van der Waals surface area contributed by atoms with Crippen LogP contribution in [-0.2, 0) is 14.3 Å². The number of carbonyl (C=O) groups is 2. The third-order valence-electron chi connectivity index (χ3n) is 3.71. The number of aliphatic carboxylic acids is 1. The highest BCUT2D eigenvalue weighted by atomic mass is 16.6. The van der Waals surface area contributed by atoms with E-state index in [0.29, 0.717) is 0 Å². The van der Waals surface area contributed by atoms with Crippen molar-refractivity contribution in [3.63, 3.8) is 0 Å². The molecule has 0 aliphatic rings. The Morgan fingerprint density at radius 1 is 0.889 bits per heavy atom. The van der Waals surface area contributed by atoms with E-state index in [1.54, 1.807) is 0 Å². The molecule has 9 nitrogen and oxygen atoms in total. The number of phenolic OH excluding ortho intramolecular Hbond substituents is 2. The van der Waals surface area contributed by atoms with Gasteiger partial charge in [-0.15, -0.1) is 0 Å². The Kier molecular flexibility index (Phi) is 6.09. The Balaban J connectivity index is 2.23. The second-order valence-corrected chi connectivity index (χ2v) is 5.42. The normalized spacial score (nSPS) is 12.7. The molecule has 0 fully saturated rings. The molecule has 0 bridgehead atoms. The second-order valence-electron chi connectivity index (χ2n) is 5.42. The minimum atomic E-state index is -1.84. The van der Waals surface area contributed by atoms with Crippen LogP contribution in [0.15, 0.2) is 36.4 Å². The van der Waals surface area contributed by atoms with Crippen LogP contribution in [0.3, 0.4) is 0 Å². The summed E-state index contributed by atoms with van der Waals surface area (Å²) in [6, 6.07) is 7.44. The lowest BCUT2D eigenvalue weighted by Crippen LogP contribution is -2.23. The average Bonchev–Trinajstić information content (AvgIpc) is 2.64. The zero-order valence-electron chi connectivity index (χ0n) is 14.4. The molecule has 0 saturated heterocycles. The molecule has 144 valence electrons. The van der Waals surface area contributed by atoms with Crippen molar-refractivity contribution in [3.05, 3.63) is 47.5 Å². The molecule has 2 rings (SSSR count). The Morgan fingerprint density at radius 2 is 1.37 bits per heavy atom. The largest absolute Gasteiger partial charge is 0.504 e. The highest BCUT2D eigenvalue weighted by Crippen LogP contribution is 2.32. The number of carboxylic acid groups (broad SMARTS) is 1. The van der Waals surface area contributed by atoms with E-state index in [0.717, 1.165) is 12.1 Å². The number of carbonyl (C=O) groups excluding carboxylic acids is 1. The van der Waals surface area contributed by atoms with Crippen LogP contribution in [0.1, 0.15) is 23.3 Å². The van der Waals surface area contributed by atoms with Gasteiger partial charge in [-0.2, -0.15) is 0 Å². The molecule has 9 heteroatoms. The average molecular weight is 378 g/mol. The van der Waals surface area contributed by atoms with Crippen molar-refractivity contribution >= 4 is 11.9 Å². The molecule has 27 heavy (non-hydrogen) atoms. The summed E-state index contributed by atoms with van der Waals surface area (Å²) in [5.74, 6) is -3.14. The van der Waals surface area contributed by atoms with E-state index in [1.165, 1.54) is 38.5 Å². The van der Waals surface area contributed by atoms with Crippen LogP contribution in [0.4, 0.5) is 0 Å². The number of aliphatic hydroxyl groups excluding tert-OH is 1. The molecule has 0 aliphatic heterocycles. The van der Waals surface area contributed by atoms with E-state index in [2.05, 4.69) is 0 Å². The van der Waals surface area contributed by atoms with Crippen molar-refractivity contribution in [2.45, 2.75) is 12.2 Å². The zero-order valence-corrected chi connectivity index (χ0v) is 14.4. The van der Waals surface area contributed by atoms with Gasteiger partial charge < -0.3 is 34.6 Å². The monoisotopic (exact) mass is 378 g/mol. The Hall–Kier alpha value is -3.46. The molecule has 0 aromatic heterocycles. The number of rotatable bonds is 7. The van der Waals surface area contributed by atoms with Crippen molar-refractivity contribution in [3.8, 4) is 23.0 Å². The number of benzene rings is 2. The molecule has 2 atom stereocenters. The summed E-state index contributed by atoms with van der Waals surface area (Å²) in [6.45, 7) is 0. The van der Waals surface area contributed by atoms with Crippen LogP contribution in [-0.4, -0.2) is 46.6 Å². The Labute approximate surface area is 154 Å². The number of ether oxygens (including phenoxy) is 3. The molecular weight excluding hydrogens is 360 g/mol. The van der Waals surface area contributed by atoms with Gasteiger partial charge in [0.1, 0.15) is 0 Å². The fourth-order valence-electron chi connectivity index (χ4n) is 2.32. The minimum absolute atomic E-state index is 0.0139. The van der Waals surface area contributed by atoms with Crippen molar-refractivity contribution < 1.29 is 44.2 Å². The summed E-state index contributed by atoms with van der Waals surface area (Å²) >= 11 is 0. The van der Waals surface area contributed by atoms with E-state index in [9.17, 15) is 30.0 Å². The fraction of sp³-hybridized carbons (Fsp3) is 0.222. The van der Waals surface area contributed by atoms with Crippen molar-refractivity contribution in [2.24, 2.45) is 0 Å². The maximum Gasteiger partial charge on any atom is 0.349 e. The van der Waals surface area contributed by atoms with Crippen molar-refractivity contribution in [1.29, 1.82) is 0 Å². The van der Waals surface area contributed by atoms with Crippen LogP contribution < -0.4 is 9.47 Å². The first kappa shape index (κ1) is 19.9. The van der Waals surface area contributed by atoms with Crippen LogP contribution in [0.5, 0.6) is 23.0 Å². The number of esters is 1. The van der Waals surface area contributed by atoms with E-state index in [-0.39, 0.29) is 34.1 Å². The summed E-state index contributed by atoms with van der Waals surface area (Å²) in [6.07, 6.45) is -3.61. The lowest BCUT2D eigenvalue weighted by Gasteiger charge is -2.18. The lowest BCUT2D eigenvalue weighted by molar-refractivity contribution is -0.171. The maximum atomic E-state index is 12.2. The number of hydrogen-bond donors (Lipinski definition) is 4. The van der Waals surface area contributed by atoms with E-state index < -0.39 is 24.1 Å². The van der Waals surface area contributed by atoms with E-state index >= 15 is 0 Å². The van der Waals surface area contributed by atoms with Crippen LogP contribution >= 0.6 is 0 Å². The predicted octanol–water partition coefficient (Wildman–Crippen LogP) is 1.52. The van der Waals surface area contributed by atoms with Gasteiger partial charge in [0, 0.05) is 5.56 Å². The molecule has 0 spiro atoms. The highest BCUT2D eigenvalue weighted by molar-refractivity contribution is 5.82. The Bertz CT molecular complexity index is 847. The topological polar surface area (TPSA) is 143 Å². The standard InChI is InChI=1S/C18H18O9/c1-25-13-5-3-9(7-11(13)19)15(21)18(24)27-16(17(22)23)10-4-6-14(26-2)12(20)8-10/h3-8,15-16,19-21H,1-2H3,(H,22,23). The minimum Gasteiger partial charge on any atom is -0.504 e. The first-order chi connectivity index (χ1) is 12.8. The van der Waals surface area contributed by atoms with Gasteiger partial charge in [0.05, 0.1) is 14.2 Å². The summed E-state index contributed by atoms with van der Waals surface area (Å²) in [4.78, 5) is 23.6. The zero-order chi connectivity index (χ0) is 20.1. The van der Waals surface area contributed by atoms with Crippen molar-refractivity contribution in [1.82, 2.24) is 0 Å². The SMILES string of the molecule is COc1ccc(C(O)C(=O)OC(C(=O)O)c2ccc(OC)c(O)c2)cc1O. The van der Waals surface area contributed by atoms with Gasteiger partial charge in [0.15, 0.2) is 29.1 Å². The van der Waals surface area contributed by atoms with Crippen LogP contribution in [0.2, 0.25) is 0 Å². The van der Waals surface area contributed by atoms with Crippen molar-refractivity contribution in [2.75, 3.05) is 14.2 Å². The lowest BCUT2D eigenvalue weighted by atomic mass is 10.1. The van der Waals surface area contributed by atoms with Gasteiger partial charge in [0.2, 0.25) is 6.10 Å². The maximum absolute atomic E-state index is 12.2. The molecule has 0 aliphatic carbocycles. The smallest absolute Gasteiger partial charge is 0.349 e. The fourth-order valence-corrected chi connectivity index (χ4v) is 2.32. The first-order valence-corrected chi connectivity index (χ1v) is 7.63. The van der Waals surface area contributed by atoms with Gasteiger partial charge in [-0.3, -0.25) is 0 Å². The second kappa shape index (κ2) is 8.28. The molecule has 0 radical (unpaired) electrons. The molecule has 2 unspecified atom stereocenters. The number of aromatic hydroxyl groups is 2. The van der Waals surface area contributed by atoms with E-state index in [4.69, 9.17) is 14.2 Å². The molecule has 4 N–H and O–H groups in total. The van der Waals surface area contributed by atoms with Gasteiger partial charge in [-0.25, -0.2) is 9.59 Å². The van der Waals surface area contributed by atoms with Gasteiger partial charge in [-0.05, 0) is 29.8 Å². The van der Waals surface area contributed by atoms with Crippen LogP contribution in [0, 0.1) is 0 Å². The van der Waals surface area contributed by atoms with Gasteiger partial charge in [0.25, 0.3) is 0 Å². The number of methoxy groups -OCH3 is 2. The molecule has 2 aromatic rings. The third-order valence-corrected chi connectivity index (χ3v) is 3.71. The van der Waals surface area contributed by atoms with Gasteiger partial charge in [-0.1, -0.05) is 12.1 Å². The predicted molar refractivity (Wildman–Crippen MR) is 90.7 cm³/mol. The van der Waals surface area contributed by atoms with Crippen LogP contribution in [0.25, 0.3) is 0 Å². The quantitative estimate of drug-likeness (QED) is 0.527. The summed E-state index contributed by atoms with van der Waals surface area (Å²) in [7, 11) is 2.66. The number of phenols is 2. The third kappa shape index (κ3) is 4.39. The molecule has 0 saturated carbocycles. The summed E-state index contributed by atoms with van der Waals surface area (Å²) in [5.41, 5.74) is -0.0426. The summed E-state index contributed by atoms with van der Waals surface area (Å²) < 4.78 is 14.6. The molecule has 0 amide bonds.